The number of para-hydroxylation sites is 1. The van der Waals surface area contributed by atoms with E-state index in [0.29, 0.717) is 6.04 Å². The number of benzene rings is 1. The summed E-state index contributed by atoms with van der Waals surface area (Å²) in [5, 5.41) is 3.49. The summed E-state index contributed by atoms with van der Waals surface area (Å²) in [7, 11) is 2.10. The van der Waals surface area contributed by atoms with Gasteiger partial charge < -0.3 is 10.1 Å². The lowest BCUT2D eigenvalue weighted by atomic mass is 9.75. The third kappa shape index (κ3) is 4.24. The van der Waals surface area contributed by atoms with E-state index in [1.54, 1.807) is 0 Å². The maximum absolute atomic E-state index is 5.84. The van der Waals surface area contributed by atoms with Crippen molar-refractivity contribution in [3.8, 4) is 5.75 Å². The largest absolute Gasteiger partial charge is 0.494 e. The molecule has 1 aliphatic carbocycles. The highest BCUT2D eigenvalue weighted by Gasteiger charge is 2.28. The Bertz CT molecular complexity index is 352. The standard InChI is InChI=1S/C17H27NO/c1-3-14-9-10-17(18-2)15(13-14)11-12-19-16-7-5-4-6-8-16/h4-8,14-15,17-18H,3,9-13H2,1-2H3. The smallest absolute Gasteiger partial charge is 0.119 e. The molecule has 0 amide bonds. The van der Waals surface area contributed by atoms with Crippen molar-refractivity contribution in [2.45, 2.75) is 45.1 Å². The van der Waals surface area contributed by atoms with Crippen LogP contribution in [0.25, 0.3) is 0 Å². The van der Waals surface area contributed by atoms with E-state index in [-0.39, 0.29) is 0 Å². The number of rotatable bonds is 6. The molecule has 1 N–H and O–H groups in total. The van der Waals surface area contributed by atoms with Crippen molar-refractivity contribution in [1.82, 2.24) is 5.32 Å². The molecular weight excluding hydrogens is 234 g/mol. The van der Waals surface area contributed by atoms with Crippen LogP contribution in [0.1, 0.15) is 39.0 Å². The van der Waals surface area contributed by atoms with E-state index in [9.17, 15) is 0 Å². The Labute approximate surface area is 117 Å². The fraction of sp³-hybridized carbons (Fsp3) is 0.647. The first-order chi connectivity index (χ1) is 9.33. The van der Waals surface area contributed by atoms with Gasteiger partial charge in [0.1, 0.15) is 5.75 Å². The van der Waals surface area contributed by atoms with Crippen LogP contribution in [-0.4, -0.2) is 19.7 Å². The predicted octanol–water partition coefficient (Wildman–Crippen LogP) is 3.87. The zero-order valence-electron chi connectivity index (χ0n) is 12.3. The first-order valence-electron chi connectivity index (χ1n) is 7.68. The van der Waals surface area contributed by atoms with E-state index in [0.717, 1.165) is 30.6 Å². The molecule has 1 aromatic rings. The molecule has 0 aromatic heterocycles. The van der Waals surface area contributed by atoms with Gasteiger partial charge in [0.2, 0.25) is 0 Å². The third-order valence-electron chi connectivity index (χ3n) is 4.54. The topological polar surface area (TPSA) is 21.3 Å². The molecular formula is C17H27NO. The molecule has 0 aliphatic heterocycles. The van der Waals surface area contributed by atoms with Gasteiger partial charge in [-0.1, -0.05) is 31.5 Å². The van der Waals surface area contributed by atoms with Gasteiger partial charge in [0.05, 0.1) is 6.61 Å². The molecule has 0 bridgehead atoms. The van der Waals surface area contributed by atoms with Crippen LogP contribution in [0, 0.1) is 11.8 Å². The monoisotopic (exact) mass is 261 g/mol. The number of nitrogens with one attached hydrogen (secondary N) is 1. The van der Waals surface area contributed by atoms with Crippen LogP contribution in [0.3, 0.4) is 0 Å². The Hall–Kier alpha value is -1.02. The lowest BCUT2D eigenvalue weighted by molar-refractivity contribution is 0.169. The second-order valence-corrected chi connectivity index (χ2v) is 5.69. The molecule has 1 aromatic carbocycles. The summed E-state index contributed by atoms with van der Waals surface area (Å²) in [6.07, 6.45) is 6.56. The molecule has 0 heterocycles. The lowest BCUT2D eigenvalue weighted by Gasteiger charge is -2.35. The Morgan fingerprint density at radius 1 is 1.21 bits per heavy atom. The highest BCUT2D eigenvalue weighted by Crippen LogP contribution is 2.33. The summed E-state index contributed by atoms with van der Waals surface area (Å²) >= 11 is 0. The van der Waals surface area contributed by atoms with Crippen LogP contribution >= 0.6 is 0 Å². The van der Waals surface area contributed by atoms with Crippen molar-refractivity contribution >= 4 is 0 Å². The zero-order valence-corrected chi connectivity index (χ0v) is 12.3. The molecule has 1 aliphatic rings. The van der Waals surface area contributed by atoms with E-state index >= 15 is 0 Å². The van der Waals surface area contributed by atoms with Gasteiger partial charge in [-0.2, -0.15) is 0 Å². The minimum Gasteiger partial charge on any atom is -0.494 e. The minimum atomic E-state index is 0.683. The second-order valence-electron chi connectivity index (χ2n) is 5.69. The van der Waals surface area contributed by atoms with Gasteiger partial charge in [-0.15, -0.1) is 0 Å². The molecule has 19 heavy (non-hydrogen) atoms. The lowest BCUT2D eigenvalue weighted by Crippen LogP contribution is -2.39. The van der Waals surface area contributed by atoms with Crippen LogP contribution in [0.4, 0.5) is 0 Å². The molecule has 1 saturated carbocycles. The van der Waals surface area contributed by atoms with Crippen molar-refractivity contribution in [3.63, 3.8) is 0 Å². The van der Waals surface area contributed by atoms with Gasteiger partial charge >= 0.3 is 0 Å². The van der Waals surface area contributed by atoms with Gasteiger partial charge in [0.25, 0.3) is 0 Å². The summed E-state index contributed by atoms with van der Waals surface area (Å²) in [5.41, 5.74) is 0. The van der Waals surface area contributed by atoms with E-state index < -0.39 is 0 Å². The molecule has 2 nitrogen and oxygen atoms in total. The maximum atomic E-state index is 5.84. The third-order valence-corrected chi connectivity index (χ3v) is 4.54. The summed E-state index contributed by atoms with van der Waals surface area (Å²) in [6, 6.07) is 10.8. The zero-order chi connectivity index (χ0) is 13.5. The highest BCUT2D eigenvalue weighted by molar-refractivity contribution is 5.20. The molecule has 0 saturated heterocycles. The van der Waals surface area contributed by atoms with Gasteiger partial charge in [-0.25, -0.2) is 0 Å². The number of hydrogen-bond acceptors (Lipinski definition) is 2. The van der Waals surface area contributed by atoms with Crippen molar-refractivity contribution < 1.29 is 4.74 Å². The molecule has 2 heteroatoms. The van der Waals surface area contributed by atoms with Gasteiger partial charge in [0, 0.05) is 6.04 Å². The van der Waals surface area contributed by atoms with Crippen LogP contribution in [0.5, 0.6) is 5.75 Å². The van der Waals surface area contributed by atoms with Crippen molar-refractivity contribution in [2.24, 2.45) is 11.8 Å². The average Bonchev–Trinajstić information content (AvgIpc) is 2.48. The SMILES string of the molecule is CCC1CCC(NC)C(CCOc2ccccc2)C1. The average molecular weight is 261 g/mol. The molecule has 0 spiro atoms. The summed E-state index contributed by atoms with van der Waals surface area (Å²) < 4.78 is 5.84. The first-order valence-corrected chi connectivity index (χ1v) is 7.68. The Morgan fingerprint density at radius 3 is 2.68 bits per heavy atom. The van der Waals surface area contributed by atoms with Crippen molar-refractivity contribution in [1.29, 1.82) is 0 Å². The van der Waals surface area contributed by atoms with Crippen molar-refractivity contribution in [3.05, 3.63) is 30.3 Å². The number of ether oxygens (including phenoxy) is 1. The predicted molar refractivity (Wildman–Crippen MR) is 80.5 cm³/mol. The summed E-state index contributed by atoms with van der Waals surface area (Å²) in [6.45, 7) is 3.16. The Balaban J connectivity index is 1.79. The normalized spacial score (nSPS) is 27.2. The van der Waals surface area contributed by atoms with Crippen LogP contribution < -0.4 is 10.1 Å². The van der Waals surface area contributed by atoms with Crippen molar-refractivity contribution in [2.75, 3.05) is 13.7 Å². The van der Waals surface area contributed by atoms with E-state index in [4.69, 9.17) is 4.74 Å². The molecule has 3 unspecified atom stereocenters. The summed E-state index contributed by atoms with van der Waals surface area (Å²) in [4.78, 5) is 0. The molecule has 3 atom stereocenters. The van der Waals surface area contributed by atoms with Crippen LogP contribution in [0.15, 0.2) is 30.3 Å². The van der Waals surface area contributed by atoms with Gasteiger partial charge in [-0.05, 0) is 56.7 Å². The van der Waals surface area contributed by atoms with Gasteiger partial charge in [0.15, 0.2) is 0 Å². The second kappa shape index (κ2) is 7.54. The molecule has 2 rings (SSSR count). The van der Waals surface area contributed by atoms with E-state index in [1.807, 2.05) is 30.3 Å². The van der Waals surface area contributed by atoms with Crippen LogP contribution in [0.2, 0.25) is 0 Å². The fourth-order valence-corrected chi connectivity index (χ4v) is 3.28. The minimum absolute atomic E-state index is 0.683. The Morgan fingerprint density at radius 2 is 2.00 bits per heavy atom. The molecule has 1 fully saturated rings. The Kier molecular flexibility index (Phi) is 5.71. The van der Waals surface area contributed by atoms with Crippen LogP contribution in [-0.2, 0) is 0 Å². The van der Waals surface area contributed by atoms with E-state index in [1.165, 1.54) is 25.7 Å². The quantitative estimate of drug-likeness (QED) is 0.839. The highest BCUT2D eigenvalue weighted by atomic mass is 16.5. The first kappa shape index (κ1) is 14.4. The fourth-order valence-electron chi connectivity index (χ4n) is 3.28. The number of hydrogen-bond donors (Lipinski definition) is 1. The molecule has 106 valence electrons. The van der Waals surface area contributed by atoms with Gasteiger partial charge in [-0.3, -0.25) is 0 Å². The van der Waals surface area contributed by atoms with E-state index in [2.05, 4.69) is 19.3 Å². The summed E-state index contributed by atoms with van der Waals surface area (Å²) in [5.74, 6) is 2.69. The maximum Gasteiger partial charge on any atom is 0.119 e. The molecule has 0 radical (unpaired) electrons.